The molecule has 1 aliphatic heterocycles. The standard InChI is InChI=1S/C17H20BClN2O2/c1-11-15(21-9-8-20-11)12-6-7-13(14(19)10-12)18-22-16(2,3)17(4,5)23-18/h6-10H,1-5H3. The predicted molar refractivity (Wildman–Crippen MR) is 92.9 cm³/mol. The normalized spacial score (nSPS) is 19.1. The Morgan fingerprint density at radius 2 is 1.61 bits per heavy atom. The lowest BCUT2D eigenvalue weighted by molar-refractivity contribution is 0.00578. The molecule has 4 nitrogen and oxygen atoms in total. The average Bonchev–Trinajstić information content (AvgIpc) is 2.67. The summed E-state index contributed by atoms with van der Waals surface area (Å²) < 4.78 is 12.1. The maximum Gasteiger partial charge on any atom is 0.496 e. The summed E-state index contributed by atoms with van der Waals surface area (Å²) in [7, 11) is -0.468. The van der Waals surface area contributed by atoms with Crippen molar-refractivity contribution < 1.29 is 9.31 Å². The van der Waals surface area contributed by atoms with Gasteiger partial charge in [-0.2, -0.15) is 0 Å². The van der Waals surface area contributed by atoms with Gasteiger partial charge >= 0.3 is 7.12 Å². The Hall–Kier alpha value is -1.43. The fraction of sp³-hybridized carbons (Fsp3) is 0.412. The quantitative estimate of drug-likeness (QED) is 0.792. The number of nitrogens with zero attached hydrogens (tertiary/aromatic N) is 2. The molecule has 120 valence electrons. The van der Waals surface area contributed by atoms with Crippen molar-refractivity contribution in [3.63, 3.8) is 0 Å². The zero-order valence-corrected chi connectivity index (χ0v) is 14.8. The monoisotopic (exact) mass is 330 g/mol. The van der Waals surface area contributed by atoms with Crippen molar-refractivity contribution in [3.8, 4) is 11.3 Å². The molecule has 0 amide bonds. The van der Waals surface area contributed by atoms with E-state index in [1.165, 1.54) is 0 Å². The van der Waals surface area contributed by atoms with E-state index in [1.807, 2.05) is 52.8 Å². The second-order valence-electron chi connectivity index (χ2n) is 6.81. The lowest BCUT2D eigenvalue weighted by Gasteiger charge is -2.32. The van der Waals surface area contributed by atoms with Gasteiger partial charge in [-0.1, -0.05) is 23.7 Å². The SMILES string of the molecule is Cc1nccnc1-c1ccc(B2OC(C)(C)C(C)(C)O2)c(Cl)c1. The third kappa shape index (κ3) is 2.89. The summed E-state index contributed by atoms with van der Waals surface area (Å²) in [6, 6.07) is 5.80. The Morgan fingerprint density at radius 1 is 1.00 bits per heavy atom. The molecule has 1 saturated heterocycles. The van der Waals surface area contributed by atoms with Gasteiger partial charge < -0.3 is 9.31 Å². The molecular weight excluding hydrogens is 310 g/mol. The van der Waals surface area contributed by atoms with Crippen LogP contribution >= 0.6 is 11.6 Å². The first-order valence-corrected chi connectivity index (χ1v) is 8.02. The van der Waals surface area contributed by atoms with Crippen LogP contribution in [-0.4, -0.2) is 28.3 Å². The maximum atomic E-state index is 6.49. The molecule has 0 atom stereocenters. The molecule has 0 spiro atoms. The van der Waals surface area contributed by atoms with Crippen molar-refractivity contribution >= 4 is 24.2 Å². The van der Waals surface area contributed by atoms with Gasteiger partial charge in [-0.25, -0.2) is 0 Å². The van der Waals surface area contributed by atoms with Crippen LogP contribution in [-0.2, 0) is 9.31 Å². The Labute approximate surface area is 142 Å². The van der Waals surface area contributed by atoms with Gasteiger partial charge in [0.15, 0.2) is 0 Å². The molecule has 0 bridgehead atoms. The van der Waals surface area contributed by atoms with E-state index in [0.717, 1.165) is 22.4 Å². The second kappa shape index (κ2) is 5.58. The number of rotatable bonds is 2. The Balaban J connectivity index is 1.94. The van der Waals surface area contributed by atoms with Crippen LogP contribution in [0.3, 0.4) is 0 Å². The first-order chi connectivity index (χ1) is 10.7. The third-order valence-electron chi connectivity index (χ3n) is 4.66. The van der Waals surface area contributed by atoms with Gasteiger partial charge in [0, 0.05) is 28.4 Å². The highest BCUT2D eigenvalue weighted by Crippen LogP contribution is 2.37. The summed E-state index contributed by atoms with van der Waals surface area (Å²) in [6.45, 7) is 10.0. The molecule has 0 radical (unpaired) electrons. The molecule has 6 heteroatoms. The zero-order valence-electron chi connectivity index (χ0n) is 14.1. The van der Waals surface area contributed by atoms with Crippen molar-refractivity contribution in [3.05, 3.63) is 41.3 Å². The zero-order chi connectivity index (χ0) is 16.8. The van der Waals surface area contributed by atoms with Crippen molar-refractivity contribution in [2.75, 3.05) is 0 Å². The number of hydrogen-bond donors (Lipinski definition) is 0. The highest BCUT2D eigenvalue weighted by atomic mass is 35.5. The van der Waals surface area contributed by atoms with E-state index in [2.05, 4.69) is 9.97 Å². The number of hydrogen-bond acceptors (Lipinski definition) is 4. The molecular formula is C17H20BClN2O2. The van der Waals surface area contributed by atoms with Crippen LogP contribution in [0, 0.1) is 6.92 Å². The summed E-state index contributed by atoms with van der Waals surface area (Å²) >= 11 is 6.49. The lowest BCUT2D eigenvalue weighted by Crippen LogP contribution is -2.41. The van der Waals surface area contributed by atoms with Gasteiger partial charge in [-0.05, 0) is 40.7 Å². The molecule has 0 N–H and O–H groups in total. The summed E-state index contributed by atoms with van der Waals surface area (Å²) in [4.78, 5) is 8.65. The fourth-order valence-electron chi connectivity index (χ4n) is 2.53. The van der Waals surface area contributed by atoms with Crippen LogP contribution in [0.1, 0.15) is 33.4 Å². The van der Waals surface area contributed by atoms with E-state index in [4.69, 9.17) is 20.9 Å². The van der Waals surface area contributed by atoms with E-state index in [0.29, 0.717) is 5.02 Å². The molecule has 1 aliphatic rings. The third-order valence-corrected chi connectivity index (χ3v) is 4.99. The predicted octanol–water partition coefficient (Wildman–Crippen LogP) is 3.40. The minimum atomic E-state index is -0.468. The largest absolute Gasteiger partial charge is 0.496 e. The lowest BCUT2D eigenvalue weighted by atomic mass is 9.78. The highest BCUT2D eigenvalue weighted by Gasteiger charge is 2.52. The number of halogens is 1. The van der Waals surface area contributed by atoms with E-state index in [9.17, 15) is 0 Å². The van der Waals surface area contributed by atoms with Gasteiger partial charge in [0.1, 0.15) is 0 Å². The van der Waals surface area contributed by atoms with E-state index in [-0.39, 0.29) is 11.2 Å². The number of aromatic nitrogens is 2. The second-order valence-corrected chi connectivity index (χ2v) is 7.22. The molecule has 1 aromatic heterocycles. The van der Waals surface area contributed by atoms with Gasteiger partial charge in [0.05, 0.1) is 22.6 Å². The Bertz CT molecular complexity index is 733. The minimum absolute atomic E-state index is 0.388. The van der Waals surface area contributed by atoms with Crippen molar-refractivity contribution in [2.45, 2.75) is 45.8 Å². The minimum Gasteiger partial charge on any atom is -0.399 e. The summed E-state index contributed by atoms with van der Waals surface area (Å²) in [5, 5.41) is 0.603. The molecule has 23 heavy (non-hydrogen) atoms. The van der Waals surface area contributed by atoms with Crippen molar-refractivity contribution in [2.24, 2.45) is 0 Å². The molecule has 0 saturated carbocycles. The first kappa shape index (κ1) is 16.4. The van der Waals surface area contributed by atoms with Crippen molar-refractivity contribution in [1.29, 1.82) is 0 Å². The van der Waals surface area contributed by atoms with Crippen LogP contribution in [0.2, 0.25) is 5.02 Å². The number of aryl methyl sites for hydroxylation is 1. The highest BCUT2D eigenvalue weighted by molar-refractivity contribution is 6.65. The Morgan fingerprint density at radius 3 is 2.17 bits per heavy atom. The van der Waals surface area contributed by atoms with Crippen LogP contribution in [0.4, 0.5) is 0 Å². The van der Waals surface area contributed by atoms with Crippen LogP contribution < -0.4 is 5.46 Å². The maximum absolute atomic E-state index is 6.49. The van der Waals surface area contributed by atoms with E-state index in [1.54, 1.807) is 12.4 Å². The smallest absolute Gasteiger partial charge is 0.399 e. The van der Waals surface area contributed by atoms with Gasteiger partial charge in [0.25, 0.3) is 0 Å². The molecule has 1 fully saturated rings. The fourth-order valence-corrected chi connectivity index (χ4v) is 2.80. The van der Waals surface area contributed by atoms with Crippen molar-refractivity contribution in [1.82, 2.24) is 9.97 Å². The van der Waals surface area contributed by atoms with Crippen LogP contribution in [0.15, 0.2) is 30.6 Å². The van der Waals surface area contributed by atoms with Gasteiger partial charge in [0.2, 0.25) is 0 Å². The van der Waals surface area contributed by atoms with Crippen LogP contribution in [0.25, 0.3) is 11.3 Å². The first-order valence-electron chi connectivity index (χ1n) is 7.64. The molecule has 2 aromatic rings. The molecule has 0 unspecified atom stereocenters. The molecule has 0 aliphatic carbocycles. The molecule has 2 heterocycles. The topological polar surface area (TPSA) is 44.2 Å². The average molecular weight is 331 g/mol. The van der Waals surface area contributed by atoms with E-state index >= 15 is 0 Å². The molecule has 1 aromatic carbocycles. The summed E-state index contributed by atoms with van der Waals surface area (Å²) in [5.74, 6) is 0. The number of benzene rings is 1. The molecule has 3 rings (SSSR count). The summed E-state index contributed by atoms with van der Waals surface area (Å²) in [5.41, 5.74) is 2.68. The van der Waals surface area contributed by atoms with Gasteiger partial charge in [-0.15, -0.1) is 0 Å². The van der Waals surface area contributed by atoms with E-state index < -0.39 is 7.12 Å². The van der Waals surface area contributed by atoms with Gasteiger partial charge in [-0.3, -0.25) is 9.97 Å². The van der Waals surface area contributed by atoms with Crippen LogP contribution in [0.5, 0.6) is 0 Å². The Kier molecular flexibility index (Phi) is 3.99. The summed E-state index contributed by atoms with van der Waals surface area (Å²) in [6.07, 6.45) is 3.36.